The largest absolute Gasteiger partial charge is 0.326 e. The van der Waals surface area contributed by atoms with Gasteiger partial charge < -0.3 is 9.88 Å². The van der Waals surface area contributed by atoms with Gasteiger partial charge in [0.15, 0.2) is 0 Å². The summed E-state index contributed by atoms with van der Waals surface area (Å²) >= 11 is 12.3. The SMILES string of the molecule is CC(c1ccc(Cl)cc1Cl)n1cncc1C1CCCCN1. The highest BCUT2D eigenvalue weighted by Gasteiger charge is 2.22. The van der Waals surface area contributed by atoms with Crippen molar-refractivity contribution in [3.63, 3.8) is 0 Å². The maximum Gasteiger partial charge on any atom is 0.0954 e. The molecule has 0 saturated carbocycles. The highest BCUT2D eigenvalue weighted by molar-refractivity contribution is 6.35. The lowest BCUT2D eigenvalue weighted by atomic mass is 10.0. The van der Waals surface area contributed by atoms with Crippen LogP contribution in [0.2, 0.25) is 10.0 Å². The van der Waals surface area contributed by atoms with E-state index in [1.165, 1.54) is 18.5 Å². The molecule has 2 atom stereocenters. The maximum absolute atomic E-state index is 6.35. The molecule has 1 aliphatic rings. The zero-order valence-electron chi connectivity index (χ0n) is 12.0. The van der Waals surface area contributed by atoms with Gasteiger partial charge in [-0.15, -0.1) is 0 Å². The quantitative estimate of drug-likeness (QED) is 0.893. The van der Waals surface area contributed by atoms with E-state index in [4.69, 9.17) is 23.2 Å². The Morgan fingerprint density at radius 1 is 1.33 bits per heavy atom. The molecule has 2 heterocycles. The third-order valence-corrected chi connectivity index (χ3v) is 4.76. The Labute approximate surface area is 135 Å². The van der Waals surface area contributed by atoms with Crippen molar-refractivity contribution in [1.29, 1.82) is 0 Å². The molecular weight excluding hydrogens is 305 g/mol. The van der Waals surface area contributed by atoms with Crippen molar-refractivity contribution in [2.75, 3.05) is 6.54 Å². The number of nitrogens with one attached hydrogen (secondary N) is 1. The molecule has 112 valence electrons. The third-order valence-electron chi connectivity index (χ3n) is 4.19. The van der Waals surface area contributed by atoms with Crippen molar-refractivity contribution < 1.29 is 0 Å². The Kier molecular flexibility index (Phi) is 4.53. The number of nitrogens with zero attached hydrogens (tertiary/aromatic N) is 2. The van der Waals surface area contributed by atoms with Crippen molar-refractivity contribution in [2.45, 2.75) is 38.3 Å². The average molecular weight is 324 g/mol. The fraction of sp³-hybridized carbons (Fsp3) is 0.438. The minimum absolute atomic E-state index is 0.135. The first-order chi connectivity index (χ1) is 10.2. The Morgan fingerprint density at radius 2 is 2.19 bits per heavy atom. The van der Waals surface area contributed by atoms with Gasteiger partial charge in [0.2, 0.25) is 0 Å². The summed E-state index contributed by atoms with van der Waals surface area (Å²) < 4.78 is 2.21. The summed E-state index contributed by atoms with van der Waals surface area (Å²) in [7, 11) is 0. The molecule has 1 aromatic carbocycles. The van der Waals surface area contributed by atoms with Crippen LogP contribution in [0.4, 0.5) is 0 Å². The summed E-state index contributed by atoms with van der Waals surface area (Å²) in [5.74, 6) is 0. The highest BCUT2D eigenvalue weighted by atomic mass is 35.5. The highest BCUT2D eigenvalue weighted by Crippen LogP contribution is 2.31. The van der Waals surface area contributed by atoms with E-state index in [0.29, 0.717) is 16.1 Å². The monoisotopic (exact) mass is 323 g/mol. The van der Waals surface area contributed by atoms with Gasteiger partial charge in [-0.3, -0.25) is 0 Å². The van der Waals surface area contributed by atoms with Gasteiger partial charge in [0, 0.05) is 22.3 Å². The van der Waals surface area contributed by atoms with Crippen LogP contribution in [0.5, 0.6) is 0 Å². The van der Waals surface area contributed by atoms with Crippen LogP contribution in [0.1, 0.15) is 49.5 Å². The normalized spacial score (nSPS) is 20.4. The van der Waals surface area contributed by atoms with Crippen LogP contribution in [0.25, 0.3) is 0 Å². The van der Waals surface area contributed by atoms with Gasteiger partial charge in [0.1, 0.15) is 0 Å². The fourth-order valence-electron chi connectivity index (χ4n) is 3.00. The molecule has 0 radical (unpaired) electrons. The Hall–Kier alpha value is -1.03. The van der Waals surface area contributed by atoms with Gasteiger partial charge in [0.05, 0.1) is 18.1 Å². The molecule has 5 heteroatoms. The lowest BCUT2D eigenvalue weighted by Gasteiger charge is -2.27. The molecule has 1 aromatic heterocycles. The standard InChI is InChI=1S/C16H19Cl2N3/c1-11(13-6-5-12(17)8-14(13)18)21-10-19-9-16(21)15-4-2-3-7-20-15/h5-6,8-11,15,20H,2-4,7H2,1H3. The summed E-state index contributed by atoms with van der Waals surface area (Å²) in [6.45, 7) is 3.22. The molecule has 1 fully saturated rings. The number of hydrogen-bond donors (Lipinski definition) is 1. The molecule has 3 nitrogen and oxygen atoms in total. The van der Waals surface area contributed by atoms with Crippen LogP contribution in [0.15, 0.2) is 30.7 Å². The predicted octanol–water partition coefficient (Wildman–Crippen LogP) is 4.61. The molecule has 0 amide bonds. The van der Waals surface area contributed by atoms with Crippen LogP contribution in [0, 0.1) is 0 Å². The van der Waals surface area contributed by atoms with Crippen molar-refractivity contribution in [3.05, 3.63) is 52.0 Å². The number of imidazole rings is 1. The van der Waals surface area contributed by atoms with Gasteiger partial charge in [0.25, 0.3) is 0 Å². The average Bonchev–Trinajstić information content (AvgIpc) is 2.97. The molecule has 0 bridgehead atoms. The lowest BCUT2D eigenvalue weighted by Crippen LogP contribution is -2.29. The number of rotatable bonds is 3. The summed E-state index contributed by atoms with van der Waals surface area (Å²) in [5.41, 5.74) is 2.30. The minimum atomic E-state index is 0.135. The van der Waals surface area contributed by atoms with Crippen molar-refractivity contribution in [2.24, 2.45) is 0 Å². The maximum atomic E-state index is 6.35. The second kappa shape index (κ2) is 6.39. The first-order valence-electron chi connectivity index (χ1n) is 7.37. The molecule has 3 rings (SSSR count). The first-order valence-corrected chi connectivity index (χ1v) is 8.12. The summed E-state index contributed by atoms with van der Waals surface area (Å²) in [5, 5.41) is 4.94. The van der Waals surface area contributed by atoms with Gasteiger partial charge in [-0.2, -0.15) is 0 Å². The molecule has 0 spiro atoms. The molecule has 1 aliphatic heterocycles. The van der Waals surface area contributed by atoms with E-state index in [1.54, 1.807) is 6.07 Å². The summed E-state index contributed by atoms with van der Waals surface area (Å²) in [4.78, 5) is 4.34. The third kappa shape index (κ3) is 3.10. The van der Waals surface area contributed by atoms with Gasteiger partial charge in [-0.25, -0.2) is 4.98 Å². The Bertz CT molecular complexity index is 618. The van der Waals surface area contributed by atoms with Crippen molar-refractivity contribution >= 4 is 23.2 Å². The van der Waals surface area contributed by atoms with E-state index in [-0.39, 0.29) is 6.04 Å². The number of aromatic nitrogens is 2. The molecule has 2 aromatic rings. The zero-order chi connectivity index (χ0) is 14.8. The Balaban J connectivity index is 1.91. The van der Waals surface area contributed by atoms with Crippen LogP contribution in [-0.2, 0) is 0 Å². The summed E-state index contributed by atoms with van der Waals surface area (Å²) in [6.07, 6.45) is 7.53. The second-order valence-corrected chi connectivity index (χ2v) is 6.41. The smallest absolute Gasteiger partial charge is 0.0954 e. The lowest BCUT2D eigenvalue weighted by molar-refractivity contribution is 0.389. The molecule has 1 N–H and O–H groups in total. The van der Waals surface area contributed by atoms with E-state index in [2.05, 4.69) is 21.8 Å². The van der Waals surface area contributed by atoms with Gasteiger partial charge in [-0.1, -0.05) is 35.7 Å². The molecule has 0 aliphatic carbocycles. The number of halogens is 2. The van der Waals surface area contributed by atoms with Gasteiger partial charge >= 0.3 is 0 Å². The minimum Gasteiger partial charge on any atom is -0.326 e. The molecule has 21 heavy (non-hydrogen) atoms. The Morgan fingerprint density at radius 3 is 2.90 bits per heavy atom. The van der Waals surface area contributed by atoms with Crippen LogP contribution in [0.3, 0.4) is 0 Å². The van der Waals surface area contributed by atoms with E-state index in [1.807, 2.05) is 24.7 Å². The van der Waals surface area contributed by atoms with Crippen LogP contribution in [-0.4, -0.2) is 16.1 Å². The van der Waals surface area contributed by atoms with E-state index >= 15 is 0 Å². The van der Waals surface area contributed by atoms with E-state index < -0.39 is 0 Å². The van der Waals surface area contributed by atoms with E-state index in [9.17, 15) is 0 Å². The van der Waals surface area contributed by atoms with Crippen LogP contribution >= 0.6 is 23.2 Å². The number of benzene rings is 1. The molecular formula is C16H19Cl2N3. The van der Waals surface area contributed by atoms with Crippen LogP contribution < -0.4 is 5.32 Å². The zero-order valence-corrected chi connectivity index (χ0v) is 13.5. The molecule has 1 saturated heterocycles. The van der Waals surface area contributed by atoms with Crippen molar-refractivity contribution in [1.82, 2.24) is 14.9 Å². The second-order valence-electron chi connectivity index (χ2n) is 5.57. The number of piperidine rings is 1. The summed E-state index contributed by atoms with van der Waals surface area (Å²) in [6, 6.07) is 6.19. The number of hydrogen-bond acceptors (Lipinski definition) is 2. The molecule has 2 unspecified atom stereocenters. The first kappa shape index (κ1) is 14.9. The van der Waals surface area contributed by atoms with Gasteiger partial charge in [-0.05, 0) is 44.0 Å². The van der Waals surface area contributed by atoms with E-state index in [0.717, 1.165) is 18.5 Å². The topological polar surface area (TPSA) is 29.9 Å². The van der Waals surface area contributed by atoms with Crippen molar-refractivity contribution in [3.8, 4) is 0 Å². The predicted molar refractivity (Wildman–Crippen MR) is 87.1 cm³/mol. The fourth-order valence-corrected chi connectivity index (χ4v) is 3.57.